The Hall–Kier alpha value is -10.4. The van der Waals surface area contributed by atoms with Crippen LogP contribution in [0.1, 0.15) is 170 Å². The number of aromatic hydroxyl groups is 5. The van der Waals surface area contributed by atoms with E-state index in [0.29, 0.717) is 137 Å². The maximum atomic E-state index is 15.8. The Labute approximate surface area is 651 Å². The summed E-state index contributed by atoms with van der Waals surface area (Å²) in [5.41, 5.74) is 13.6. The third kappa shape index (κ3) is 16.7. The van der Waals surface area contributed by atoms with Crippen LogP contribution in [0.4, 0.5) is 0 Å². The summed E-state index contributed by atoms with van der Waals surface area (Å²) in [7, 11) is 1.58. The molecule has 5 fully saturated rings. The molecular formula is C82H103N17O13+2. The van der Waals surface area contributed by atoms with Crippen molar-refractivity contribution in [1.82, 2.24) is 75.2 Å². The van der Waals surface area contributed by atoms with Crippen molar-refractivity contribution >= 4 is 17.7 Å². The van der Waals surface area contributed by atoms with Gasteiger partial charge >= 0.3 is 41.0 Å². The third-order valence-electron chi connectivity index (χ3n) is 21.3. The number of amides is 3. The van der Waals surface area contributed by atoms with Crippen molar-refractivity contribution < 1.29 is 72.7 Å². The molecule has 112 heavy (non-hydrogen) atoms. The number of methoxy groups -OCH3 is 1. The van der Waals surface area contributed by atoms with E-state index in [-0.39, 0.29) is 112 Å². The number of hydrogen-bond donors (Lipinski definition) is 8. The third-order valence-corrected chi connectivity index (χ3v) is 21.3. The van der Waals surface area contributed by atoms with E-state index in [4.69, 9.17) is 33.9 Å². The fraction of sp³-hybridized carbons (Fsp3) is 0.451. The number of ether oxygens (including phenoxy) is 5. The van der Waals surface area contributed by atoms with E-state index in [9.17, 15) is 30.3 Å². The van der Waals surface area contributed by atoms with Crippen molar-refractivity contribution in [2.75, 3.05) is 112 Å². The Morgan fingerprint density at radius 1 is 0.482 bits per heavy atom. The van der Waals surface area contributed by atoms with Crippen molar-refractivity contribution in [2.45, 2.75) is 130 Å². The first-order valence-corrected chi connectivity index (χ1v) is 38.9. The van der Waals surface area contributed by atoms with Crippen LogP contribution in [-0.2, 0) is 38.6 Å². The number of hydrazine groups is 2. The minimum Gasteiger partial charge on any atom is -0.508 e. The number of rotatable bonds is 24. The Kier molecular flexibility index (Phi) is 24.0. The number of phenols is 5. The molecule has 3 aromatic heterocycles. The van der Waals surface area contributed by atoms with Gasteiger partial charge in [-0.2, -0.15) is 9.13 Å². The number of aromatic nitrogens is 9. The van der Waals surface area contributed by atoms with E-state index in [2.05, 4.69) is 67.0 Å². The standard InChI is InChI=1S/C82H101N17O13/c1-50(2)60-39-63(68(102)42-66(60)100)74-84-85-77(78(105)88-94-31-37-110-38-32-94)95(74)57-19-15-55(16-20-57)46-92-30-36-112-49-73(92)99-82(80(107)89-93-25-11-10-12-26-93)97(75(87-99)64-40-61(51(3)4)67(101)43-69(64)103)59-23-17-56(18-24-59)47-91-29-35-111-48-72(91)98-81(79(106)83-53(7)8)96(58-21-13-54(14-22-58)45-90-27-33-109-34-28-90)76(86-98)65-41-62(52(5)6)71(108-9)44-70(65)104/h13-24,39-44,50-53,72-73H,10-12,25-38,45-49H2,1-9H3,(H6-2,83,84,86,87,88,89,100,101,102,103,104,105,106,107)/p+2. The van der Waals surface area contributed by atoms with Crippen LogP contribution in [0.3, 0.4) is 0 Å². The molecule has 0 aliphatic carbocycles. The second-order valence-corrected chi connectivity index (χ2v) is 30.6. The number of nitrogens with one attached hydrogen (secondary N) is 3. The fourth-order valence-corrected chi connectivity index (χ4v) is 15.4. The number of hydrogen-bond acceptors (Lipinski definition) is 22. The average Bonchev–Trinajstić information content (AvgIpc) is 1.60. The lowest BCUT2D eigenvalue weighted by molar-refractivity contribution is -0.588. The molecule has 592 valence electrons. The Balaban J connectivity index is 0.845. The molecular weight excluding hydrogens is 1430 g/mol. The smallest absolute Gasteiger partial charge is 0.335 e. The molecule has 3 amide bonds. The van der Waals surface area contributed by atoms with Crippen molar-refractivity contribution in [3.05, 3.63) is 160 Å². The highest BCUT2D eigenvalue weighted by molar-refractivity contribution is 5.92. The molecule has 8 heterocycles. The first kappa shape index (κ1) is 78.3. The normalized spacial score (nSPS) is 17.9. The summed E-state index contributed by atoms with van der Waals surface area (Å²) < 4.78 is 38.3. The van der Waals surface area contributed by atoms with E-state index in [1.165, 1.54) is 12.1 Å². The fourth-order valence-electron chi connectivity index (χ4n) is 15.4. The lowest BCUT2D eigenvalue weighted by atomic mass is 9.98. The number of phenolic OH excluding ortho intramolecular Hbond substituents is 5. The largest absolute Gasteiger partial charge is 0.508 e. The van der Waals surface area contributed by atoms with Crippen LogP contribution in [0.2, 0.25) is 0 Å². The van der Waals surface area contributed by atoms with Gasteiger partial charge in [0, 0.05) is 112 Å². The molecule has 2 unspecified atom stereocenters. The summed E-state index contributed by atoms with van der Waals surface area (Å²) in [6.45, 7) is 24.9. The first-order valence-electron chi connectivity index (χ1n) is 38.9. The summed E-state index contributed by atoms with van der Waals surface area (Å²) in [4.78, 5) is 52.1. The van der Waals surface area contributed by atoms with Gasteiger partial charge in [0.1, 0.15) is 45.9 Å². The van der Waals surface area contributed by atoms with E-state index < -0.39 is 24.1 Å². The van der Waals surface area contributed by atoms with Gasteiger partial charge in [0.2, 0.25) is 5.82 Å². The SMILES string of the molecule is COc1cc(O)c(-c2nn(C3COCCN3Cc3ccc(-[n+]4c(-c5cc(C(C)C)c(O)cc5O)nn(C5COCCN5Cc5ccc(-n6c(C(=O)NN7CCOCC7)nnc6-c6cc(C(C)C)c(O)cc6O)cc5)c4C(=O)NN4CCCCC4)cc3)c(C(=O)NC(C)C)[n+]2-c2ccc(CN3CCOCC3)cc2)cc1C(C)C. The van der Waals surface area contributed by atoms with Crippen LogP contribution in [0.25, 0.3) is 51.2 Å². The zero-order valence-corrected chi connectivity index (χ0v) is 65.2. The number of piperidine rings is 1. The summed E-state index contributed by atoms with van der Waals surface area (Å²) >= 11 is 0. The number of carbonyl (C=O) groups excluding carboxylic acids is 3. The Bertz CT molecular complexity index is 4850. The van der Waals surface area contributed by atoms with Gasteiger partial charge in [-0.25, -0.2) is 10.0 Å². The highest BCUT2D eigenvalue weighted by Crippen LogP contribution is 2.42. The van der Waals surface area contributed by atoms with Gasteiger partial charge < -0.3 is 54.5 Å². The molecule has 0 saturated carbocycles. The Morgan fingerprint density at radius 2 is 0.929 bits per heavy atom. The highest BCUT2D eigenvalue weighted by Gasteiger charge is 2.45. The molecule has 5 aliphatic rings. The molecule has 6 aromatic carbocycles. The van der Waals surface area contributed by atoms with Gasteiger partial charge in [-0.3, -0.25) is 44.5 Å². The van der Waals surface area contributed by atoms with Gasteiger partial charge in [0.05, 0.1) is 76.7 Å². The van der Waals surface area contributed by atoms with Crippen LogP contribution >= 0.6 is 0 Å². The molecule has 5 aliphatic heterocycles. The summed E-state index contributed by atoms with van der Waals surface area (Å²) in [6, 6.07) is 32.7. The second-order valence-electron chi connectivity index (χ2n) is 30.6. The van der Waals surface area contributed by atoms with E-state index in [1.54, 1.807) is 48.8 Å². The van der Waals surface area contributed by atoms with E-state index in [0.717, 1.165) is 61.2 Å². The quantitative estimate of drug-likeness (QED) is 0.0264. The number of nitrogens with zero attached hydrogens (tertiary/aromatic N) is 14. The minimum atomic E-state index is -0.732. The van der Waals surface area contributed by atoms with Gasteiger partial charge in [-0.1, -0.05) is 93.7 Å². The topological polar surface area (TPSA) is 325 Å². The lowest BCUT2D eigenvalue weighted by Crippen LogP contribution is -2.52. The number of benzene rings is 6. The highest BCUT2D eigenvalue weighted by atomic mass is 16.5. The summed E-state index contributed by atoms with van der Waals surface area (Å²) in [6.07, 6.45) is 1.37. The summed E-state index contributed by atoms with van der Waals surface area (Å²) in [5.74, 6) is -0.927. The predicted molar refractivity (Wildman–Crippen MR) is 414 cm³/mol. The molecule has 30 nitrogen and oxygen atoms in total. The van der Waals surface area contributed by atoms with E-state index in [1.807, 2.05) is 118 Å². The molecule has 5 saturated heterocycles. The monoisotopic (exact) mass is 1530 g/mol. The second kappa shape index (κ2) is 34.3. The minimum absolute atomic E-state index is 0.0102. The van der Waals surface area contributed by atoms with Gasteiger partial charge in [-0.15, -0.1) is 10.2 Å². The van der Waals surface area contributed by atoms with E-state index >= 15 is 9.59 Å². The van der Waals surface area contributed by atoms with Gasteiger partial charge in [0.15, 0.2) is 18.2 Å². The molecule has 9 aromatic rings. The maximum absolute atomic E-state index is 15.8. The first-order chi connectivity index (χ1) is 54.1. The molecule has 0 bridgehead atoms. The molecule has 0 spiro atoms. The predicted octanol–water partition coefficient (Wildman–Crippen LogP) is 8.26. The number of carbonyl (C=O) groups is 3. The van der Waals surface area contributed by atoms with Crippen LogP contribution < -0.4 is 30.0 Å². The molecule has 8 N–H and O–H groups in total. The Morgan fingerprint density at radius 3 is 1.45 bits per heavy atom. The van der Waals surface area contributed by atoms with Crippen LogP contribution in [-0.4, -0.2) is 221 Å². The zero-order chi connectivity index (χ0) is 78.6. The van der Waals surface area contributed by atoms with Crippen LogP contribution in [0.15, 0.2) is 109 Å². The maximum Gasteiger partial charge on any atom is 0.335 e. The molecule has 2 atom stereocenters. The summed E-state index contributed by atoms with van der Waals surface area (Å²) in [5, 5.41) is 84.5. The molecule has 14 rings (SSSR count). The van der Waals surface area contributed by atoms with Crippen LogP contribution in [0.5, 0.6) is 34.5 Å². The van der Waals surface area contributed by atoms with Crippen LogP contribution in [0, 0.1) is 0 Å². The molecule has 0 radical (unpaired) electrons. The van der Waals surface area contributed by atoms with Gasteiger partial charge in [-0.05, 0) is 132 Å². The van der Waals surface area contributed by atoms with Crippen molar-refractivity contribution in [1.29, 1.82) is 0 Å². The molecule has 30 heteroatoms. The number of morpholine rings is 4. The zero-order valence-electron chi connectivity index (χ0n) is 65.2. The lowest BCUT2D eigenvalue weighted by Gasteiger charge is -2.33. The van der Waals surface area contributed by atoms with Gasteiger partial charge in [0.25, 0.3) is 0 Å². The van der Waals surface area contributed by atoms with Crippen molar-refractivity contribution in [2.24, 2.45) is 0 Å². The van der Waals surface area contributed by atoms with Crippen molar-refractivity contribution in [3.8, 4) is 85.7 Å². The van der Waals surface area contributed by atoms with Crippen molar-refractivity contribution in [3.63, 3.8) is 0 Å². The average molecular weight is 1530 g/mol.